The molecular weight excluding hydrogens is 259 g/mol. The van der Waals surface area contributed by atoms with E-state index >= 15 is 0 Å². The highest BCUT2D eigenvalue weighted by Crippen LogP contribution is 2.22. The first-order valence-electron chi connectivity index (χ1n) is 4.98. The largest absolute Gasteiger partial charge is 0.465 e. The van der Waals surface area contributed by atoms with E-state index in [1.807, 2.05) is 0 Å². The molecule has 0 spiro atoms. The van der Waals surface area contributed by atoms with Gasteiger partial charge in [-0.15, -0.1) is 0 Å². The average Bonchev–Trinajstić information content (AvgIpc) is 2.40. The smallest absolute Gasteiger partial charge is 0.337 e. The zero-order chi connectivity index (χ0) is 13.1. The summed E-state index contributed by atoms with van der Waals surface area (Å²) in [6.45, 7) is 0. The van der Waals surface area contributed by atoms with E-state index in [9.17, 15) is 9.18 Å². The van der Waals surface area contributed by atoms with Gasteiger partial charge in [-0.2, -0.15) is 0 Å². The van der Waals surface area contributed by atoms with Crippen LogP contribution in [-0.4, -0.2) is 23.0 Å². The molecule has 0 aliphatic heterocycles. The third-order valence-corrected chi connectivity index (χ3v) is 2.45. The van der Waals surface area contributed by atoms with E-state index < -0.39 is 11.8 Å². The zero-order valence-electron chi connectivity index (χ0n) is 9.35. The molecule has 0 saturated carbocycles. The summed E-state index contributed by atoms with van der Waals surface area (Å²) in [4.78, 5) is 18.7. The fraction of sp³-hybridized carbons (Fsp3) is 0.0833. The van der Waals surface area contributed by atoms with Crippen molar-refractivity contribution in [2.24, 2.45) is 0 Å². The minimum atomic E-state index is -0.610. The van der Waals surface area contributed by atoms with E-state index in [1.165, 1.54) is 13.2 Å². The lowest BCUT2D eigenvalue weighted by molar-refractivity contribution is 0.0601. The van der Waals surface area contributed by atoms with Gasteiger partial charge >= 0.3 is 5.97 Å². The van der Waals surface area contributed by atoms with Gasteiger partial charge < -0.3 is 4.74 Å². The first-order valence-corrected chi connectivity index (χ1v) is 5.36. The maximum atomic E-state index is 13.6. The molecule has 0 saturated heterocycles. The Labute approximate surface area is 107 Å². The highest BCUT2D eigenvalue weighted by atomic mass is 35.5. The van der Waals surface area contributed by atoms with Crippen LogP contribution in [0.25, 0.3) is 11.3 Å². The van der Waals surface area contributed by atoms with Gasteiger partial charge in [0, 0.05) is 5.56 Å². The topological polar surface area (TPSA) is 52.1 Å². The van der Waals surface area contributed by atoms with Crippen molar-refractivity contribution < 1.29 is 13.9 Å². The summed E-state index contributed by atoms with van der Waals surface area (Å²) in [6, 6.07) is 6.27. The molecule has 18 heavy (non-hydrogen) atoms. The predicted molar refractivity (Wildman–Crippen MR) is 63.8 cm³/mol. The van der Waals surface area contributed by atoms with Crippen molar-refractivity contribution in [1.82, 2.24) is 9.97 Å². The van der Waals surface area contributed by atoms with E-state index in [2.05, 4.69) is 14.7 Å². The van der Waals surface area contributed by atoms with Crippen LogP contribution in [0.3, 0.4) is 0 Å². The van der Waals surface area contributed by atoms with E-state index in [0.29, 0.717) is 11.1 Å². The Bertz CT molecular complexity index is 604. The van der Waals surface area contributed by atoms with Crippen molar-refractivity contribution in [2.45, 2.75) is 0 Å². The summed E-state index contributed by atoms with van der Waals surface area (Å²) < 4.78 is 18.2. The highest BCUT2D eigenvalue weighted by molar-refractivity contribution is 6.28. The van der Waals surface area contributed by atoms with Crippen LogP contribution >= 0.6 is 11.6 Å². The van der Waals surface area contributed by atoms with E-state index in [4.69, 9.17) is 11.6 Å². The molecule has 2 rings (SSSR count). The van der Waals surface area contributed by atoms with Gasteiger partial charge in [-0.1, -0.05) is 12.1 Å². The molecule has 0 atom stereocenters. The summed E-state index contributed by atoms with van der Waals surface area (Å²) in [5, 5.41) is -0.0603. The number of halogens is 2. The number of rotatable bonds is 2. The lowest BCUT2D eigenvalue weighted by atomic mass is 10.1. The SMILES string of the molecule is COC(=O)c1cccc(-c2nc(Cl)ncc2F)c1. The van der Waals surface area contributed by atoms with Crippen molar-refractivity contribution in [1.29, 1.82) is 0 Å². The molecule has 4 nitrogen and oxygen atoms in total. The number of carbonyl (C=O) groups excluding carboxylic acids is 1. The lowest BCUT2D eigenvalue weighted by Crippen LogP contribution is -2.01. The lowest BCUT2D eigenvalue weighted by Gasteiger charge is -2.04. The van der Waals surface area contributed by atoms with Gasteiger partial charge in [0.05, 0.1) is 18.9 Å². The molecule has 92 valence electrons. The van der Waals surface area contributed by atoms with Crippen LogP contribution in [-0.2, 0) is 4.74 Å². The molecule has 1 aromatic heterocycles. The highest BCUT2D eigenvalue weighted by Gasteiger charge is 2.11. The summed E-state index contributed by atoms with van der Waals surface area (Å²) in [5.41, 5.74) is 0.782. The average molecular weight is 267 g/mol. The molecule has 0 N–H and O–H groups in total. The number of methoxy groups -OCH3 is 1. The molecule has 0 amide bonds. The maximum absolute atomic E-state index is 13.6. The summed E-state index contributed by atoms with van der Waals surface area (Å²) in [7, 11) is 1.27. The first kappa shape index (κ1) is 12.4. The minimum absolute atomic E-state index is 0.0424. The maximum Gasteiger partial charge on any atom is 0.337 e. The normalized spacial score (nSPS) is 10.2. The molecule has 6 heteroatoms. The Morgan fingerprint density at radius 2 is 2.22 bits per heavy atom. The third-order valence-electron chi connectivity index (χ3n) is 2.27. The second kappa shape index (κ2) is 5.10. The van der Waals surface area contributed by atoms with Gasteiger partial charge in [-0.25, -0.2) is 19.2 Å². The number of ether oxygens (including phenoxy) is 1. The number of benzene rings is 1. The molecule has 0 aliphatic carbocycles. The second-order valence-electron chi connectivity index (χ2n) is 3.41. The molecule has 0 fully saturated rings. The zero-order valence-corrected chi connectivity index (χ0v) is 10.1. The van der Waals surface area contributed by atoms with Crippen molar-refractivity contribution in [2.75, 3.05) is 7.11 Å². The molecule has 2 aromatic rings. The third kappa shape index (κ3) is 2.46. The molecular formula is C12H8ClFN2O2. The second-order valence-corrected chi connectivity index (χ2v) is 3.75. The van der Waals surface area contributed by atoms with Gasteiger partial charge in [0.1, 0.15) is 5.69 Å². The number of aromatic nitrogens is 2. The van der Waals surface area contributed by atoms with Gasteiger partial charge in [0.25, 0.3) is 0 Å². The van der Waals surface area contributed by atoms with E-state index in [-0.39, 0.29) is 11.0 Å². The van der Waals surface area contributed by atoms with Gasteiger partial charge in [0.15, 0.2) is 5.82 Å². The summed E-state index contributed by atoms with van der Waals surface area (Å²) in [6.07, 6.45) is 0.982. The monoisotopic (exact) mass is 266 g/mol. The molecule has 1 heterocycles. The Hall–Kier alpha value is -2.01. The van der Waals surface area contributed by atoms with Gasteiger partial charge in [-0.3, -0.25) is 0 Å². The Morgan fingerprint density at radius 1 is 1.44 bits per heavy atom. The molecule has 0 unspecified atom stereocenters. The van der Waals surface area contributed by atoms with Crippen molar-refractivity contribution >= 4 is 17.6 Å². The van der Waals surface area contributed by atoms with Crippen molar-refractivity contribution in [3.05, 3.63) is 47.1 Å². The molecule has 1 aromatic carbocycles. The molecule has 0 aliphatic rings. The van der Waals surface area contributed by atoms with Crippen LogP contribution in [0.2, 0.25) is 5.28 Å². The van der Waals surface area contributed by atoms with E-state index in [0.717, 1.165) is 6.20 Å². The molecule has 0 bridgehead atoms. The van der Waals surface area contributed by atoms with Crippen LogP contribution in [0, 0.1) is 5.82 Å². The van der Waals surface area contributed by atoms with Crippen LogP contribution in [0.5, 0.6) is 0 Å². The number of esters is 1. The first-order chi connectivity index (χ1) is 8.61. The van der Waals surface area contributed by atoms with Crippen LogP contribution < -0.4 is 0 Å². The minimum Gasteiger partial charge on any atom is -0.465 e. The fourth-order valence-corrected chi connectivity index (χ4v) is 1.59. The number of hydrogen-bond donors (Lipinski definition) is 0. The van der Waals surface area contributed by atoms with E-state index in [1.54, 1.807) is 18.2 Å². The number of carbonyl (C=O) groups is 1. The number of hydrogen-bond acceptors (Lipinski definition) is 4. The van der Waals surface area contributed by atoms with Gasteiger partial charge in [-0.05, 0) is 23.7 Å². The Morgan fingerprint density at radius 3 is 2.94 bits per heavy atom. The molecule has 0 radical (unpaired) electrons. The Kier molecular flexibility index (Phi) is 3.53. The van der Waals surface area contributed by atoms with Crippen LogP contribution in [0.1, 0.15) is 10.4 Å². The standard InChI is InChI=1S/C12H8ClFN2O2/c1-18-11(17)8-4-2-3-7(5-8)10-9(14)6-15-12(13)16-10/h2-6H,1H3. The fourth-order valence-electron chi connectivity index (χ4n) is 1.46. The summed E-state index contributed by atoms with van der Waals surface area (Å²) >= 11 is 5.62. The van der Waals surface area contributed by atoms with Gasteiger partial charge in [0.2, 0.25) is 5.28 Å². The number of nitrogens with zero attached hydrogens (tertiary/aromatic N) is 2. The van der Waals surface area contributed by atoms with Crippen LogP contribution in [0.15, 0.2) is 30.5 Å². The van der Waals surface area contributed by atoms with Crippen LogP contribution in [0.4, 0.5) is 4.39 Å². The predicted octanol–water partition coefficient (Wildman–Crippen LogP) is 2.72. The van der Waals surface area contributed by atoms with Crippen molar-refractivity contribution in [3.8, 4) is 11.3 Å². The Balaban J connectivity index is 2.51. The van der Waals surface area contributed by atoms with Crippen molar-refractivity contribution in [3.63, 3.8) is 0 Å². The quantitative estimate of drug-likeness (QED) is 0.619. The summed E-state index contributed by atoms with van der Waals surface area (Å²) in [5.74, 6) is -1.11.